The number of carbonyl (C=O) groups excluding carboxylic acids is 1. The molecule has 0 spiro atoms. The van der Waals surface area contributed by atoms with Crippen LogP contribution in [-0.4, -0.2) is 26.7 Å². The van der Waals surface area contributed by atoms with Gasteiger partial charge in [-0.05, 0) is 29.8 Å². The Balaban J connectivity index is 1.76. The molecule has 2 rings (SSSR count). The van der Waals surface area contributed by atoms with Gasteiger partial charge in [-0.1, -0.05) is 24.3 Å². The van der Waals surface area contributed by atoms with E-state index in [9.17, 15) is 4.79 Å². The average Bonchev–Trinajstić information content (AvgIpc) is 2.60. The molecule has 0 aromatic heterocycles. The second-order valence-corrected chi connectivity index (χ2v) is 5.01. The normalized spacial score (nSPS) is 10.0. The molecule has 0 heterocycles. The Hall–Kier alpha value is -2.69. The number of methoxy groups -OCH3 is 2. The molecule has 0 saturated heterocycles. The van der Waals surface area contributed by atoms with Gasteiger partial charge in [0.2, 0.25) is 5.91 Å². The fourth-order valence-electron chi connectivity index (χ4n) is 2.16. The lowest BCUT2D eigenvalue weighted by molar-refractivity contribution is -0.121. The largest absolute Gasteiger partial charge is 0.493 e. The Morgan fingerprint density at radius 3 is 2.43 bits per heavy atom. The predicted octanol–water partition coefficient (Wildman–Crippen LogP) is 2.82. The maximum Gasteiger partial charge on any atom is 0.222 e. The van der Waals surface area contributed by atoms with E-state index in [2.05, 4.69) is 10.6 Å². The molecule has 0 unspecified atom stereocenters. The number of ether oxygens (including phenoxy) is 2. The zero-order valence-corrected chi connectivity index (χ0v) is 13.5. The standard InChI is InChI=1S/C18H22N2O3/c1-22-16-9-8-14(12-17(16)23-2)13-20-18(21)10-11-19-15-6-4-3-5-7-15/h3-9,12,19H,10-11,13H2,1-2H3,(H,20,21). The second kappa shape index (κ2) is 8.68. The smallest absolute Gasteiger partial charge is 0.222 e. The lowest BCUT2D eigenvalue weighted by Crippen LogP contribution is -2.24. The monoisotopic (exact) mass is 314 g/mol. The lowest BCUT2D eigenvalue weighted by atomic mass is 10.2. The van der Waals surface area contributed by atoms with Crippen LogP contribution in [0.3, 0.4) is 0 Å². The van der Waals surface area contributed by atoms with Gasteiger partial charge in [-0.15, -0.1) is 0 Å². The number of amides is 1. The molecule has 0 aliphatic heterocycles. The minimum atomic E-state index is 0.00298. The molecule has 5 heteroatoms. The van der Waals surface area contributed by atoms with E-state index in [1.54, 1.807) is 14.2 Å². The summed E-state index contributed by atoms with van der Waals surface area (Å²) < 4.78 is 10.4. The van der Waals surface area contributed by atoms with Crippen LogP contribution >= 0.6 is 0 Å². The zero-order valence-electron chi connectivity index (χ0n) is 13.5. The molecular weight excluding hydrogens is 292 g/mol. The van der Waals surface area contributed by atoms with Crippen molar-refractivity contribution in [1.82, 2.24) is 5.32 Å². The van der Waals surface area contributed by atoms with Crippen LogP contribution in [0.15, 0.2) is 48.5 Å². The fourth-order valence-corrected chi connectivity index (χ4v) is 2.16. The Labute approximate surface area is 136 Å². The number of para-hydroxylation sites is 1. The van der Waals surface area contributed by atoms with Crippen LogP contribution in [0, 0.1) is 0 Å². The van der Waals surface area contributed by atoms with Gasteiger partial charge in [0.05, 0.1) is 14.2 Å². The topological polar surface area (TPSA) is 59.6 Å². The lowest BCUT2D eigenvalue weighted by Gasteiger charge is -2.11. The van der Waals surface area contributed by atoms with Crippen LogP contribution in [0.25, 0.3) is 0 Å². The molecule has 0 atom stereocenters. The maximum atomic E-state index is 11.9. The molecule has 0 aliphatic rings. The molecule has 0 bridgehead atoms. The number of anilines is 1. The first-order valence-electron chi connectivity index (χ1n) is 7.49. The molecule has 2 aromatic carbocycles. The third kappa shape index (κ3) is 5.21. The number of carbonyl (C=O) groups is 1. The number of benzene rings is 2. The van der Waals surface area contributed by atoms with Crippen molar-refractivity contribution in [2.45, 2.75) is 13.0 Å². The van der Waals surface area contributed by atoms with Gasteiger partial charge in [-0.2, -0.15) is 0 Å². The van der Waals surface area contributed by atoms with Crippen molar-refractivity contribution >= 4 is 11.6 Å². The van der Waals surface area contributed by atoms with Gasteiger partial charge in [0.25, 0.3) is 0 Å². The molecule has 0 aliphatic carbocycles. The minimum absolute atomic E-state index is 0.00298. The van der Waals surface area contributed by atoms with Crippen molar-refractivity contribution in [1.29, 1.82) is 0 Å². The molecule has 23 heavy (non-hydrogen) atoms. The Morgan fingerprint density at radius 2 is 1.74 bits per heavy atom. The summed E-state index contributed by atoms with van der Waals surface area (Å²) in [5.74, 6) is 1.34. The van der Waals surface area contributed by atoms with E-state index in [1.807, 2.05) is 48.5 Å². The van der Waals surface area contributed by atoms with Gasteiger partial charge in [0, 0.05) is 25.2 Å². The highest BCUT2D eigenvalue weighted by Gasteiger charge is 2.06. The molecule has 0 fully saturated rings. The highest BCUT2D eigenvalue weighted by atomic mass is 16.5. The third-order valence-electron chi connectivity index (χ3n) is 3.39. The molecule has 5 nitrogen and oxygen atoms in total. The Kier molecular flexibility index (Phi) is 6.29. The van der Waals surface area contributed by atoms with Crippen molar-refractivity contribution < 1.29 is 14.3 Å². The number of rotatable bonds is 8. The van der Waals surface area contributed by atoms with Crippen molar-refractivity contribution in [3.05, 3.63) is 54.1 Å². The van der Waals surface area contributed by atoms with Crippen LogP contribution in [0.1, 0.15) is 12.0 Å². The molecular formula is C18H22N2O3. The van der Waals surface area contributed by atoms with E-state index in [0.717, 1.165) is 11.3 Å². The highest BCUT2D eigenvalue weighted by Crippen LogP contribution is 2.27. The highest BCUT2D eigenvalue weighted by molar-refractivity contribution is 5.76. The van der Waals surface area contributed by atoms with E-state index in [-0.39, 0.29) is 5.91 Å². The van der Waals surface area contributed by atoms with Gasteiger partial charge in [-0.3, -0.25) is 4.79 Å². The van der Waals surface area contributed by atoms with E-state index < -0.39 is 0 Å². The van der Waals surface area contributed by atoms with Crippen LogP contribution in [-0.2, 0) is 11.3 Å². The van der Waals surface area contributed by atoms with E-state index in [1.165, 1.54) is 0 Å². The molecule has 122 valence electrons. The quantitative estimate of drug-likeness (QED) is 0.786. The van der Waals surface area contributed by atoms with E-state index in [4.69, 9.17) is 9.47 Å². The SMILES string of the molecule is COc1ccc(CNC(=O)CCNc2ccccc2)cc1OC. The zero-order chi connectivity index (χ0) is 16.5. The van der Waals surface area contributed by atoms with Gasteiger partial charge >= 0.3 is 0 Å². The molecule has 2 N–H and O–H groups in total. The molecule has 0 radical (unpaired) electrons. The number of hydrogen-bond acceptors (Lipinski definition) is 4. The Morgan fingerprint density at radius 1 is 1.00 bits per heavy atom. The Bertz CT molecular complexity index is 629. The van der Waals surface area contributed by atoms with Crippen molar-refractivity contribution in [2.24, 2.45) is 0 Å². The minimum Gasteiger partial charge on any atom is -0.493 e. The molecule has 2 aromatic rings. The average molecular weight is 314 g/mol. The summed E-state index contributed by atoms with van der Waals surface area (Å²) in [5.41, 5.74) is 1.98. The third-order valence-corrected chi connectivity index (χ3v) is 3.39. The first-order chi connectivity index (χ1) is 11.2. The van der Waals surface area contributed by atoms with Crippen molar-refractivity contribution in [3.63, 3.8) is 0 Å². The van der Waals surface area contributed by atoms with Gasteiger partial charge in [0.1, 0.15) is 0 Å². The first kappa shape index (κ1) is 16.7. The first-order valence-corrected chi connectivity index (χ1v) is 7.49. The van der Waals surface area contributed by atoms with Gasteiger partial charge in [-0.25, -0.2) is 0 Å². The summed E-state index contributed by atoms with van der Waals surface area (Å²) in [6.07, 6.45) is 0.419. The summed E-state index contributed by atoms with van der Waals surface area (Å²) in [4.78, 5) is 11.9. The van der Waals surface area contributed by atoms with E-state index >= 15 is 0 Å². The summed E-state index contributed by atoms with van der Waals surface area (Å²) in [6, 6.07) is 15.4. The summed E-state index contributed by atoms with van der Waals surface area (Å²) in [6.45, 7) is 1.06. The van der Waals surface area contributed by atoms with Crippen molar-refractivity contribution in [2.75, 3.05) is 26.1 Å². The van der Waals surface area contributed by atoms with Gasteiger partial charge < -0.3 is 20.1 Å². The number of hydrogen-bond donors (Lipinski definition) is 2. The van der Waals surface area contributed by atoms with E-state index in [0.29, 0.717) is 31.0 Å². The maximum absolute atomic E-state index is 11.9. The molecule has 1 amide bonds. The predicted molar refractivity (Wildman–Crippen MR) is 90.9 cm³/mol. The van der Waals surface area contributed by atoms with Crippen molar-refractivity contribution in [3.8, 4) is 11.5 Å². The van der Waals surface area contributed by atoms with Gasteiger partial charge in [0.15, 0.2) is 11.5 Å². The van der Waals surface area contributed by atoms with Crippen LogP contribution in [0.4, 0.5) is 5.69 Å². The summed E-state index contributed by atoms with van der Waals surface area (Å²) in [5, 5.41) is 6.11. The fraction of sp³-hybridized carbons (Fsp3) is 0.278. The molecule has 0 saturated carbocycles. The second-order valence-electron chi connectivity index (χ2n) is 5.01. The summed E-state index contributed by atoms with van der Waals surface area (Å²) in [7, 11) is 3.19. The van der Waals surface area contributed by atoms with Crippen LogP contribution in [0.2, 0.25) is 0 Å². The summed E-state index contributed by atoms with van der Waals surface area (Å²) >= 11 is 0. The van der Waals surface area contributed by atoms with Crippen LogP contribution < -0.4 is 20.1 Å². The number of nitrogens with one attached hydrogen (secondary N) is 2. The van der Waals surface area contributed by atoms with Crippen LogP contribution in [0.5, 0.6) is 11.5 Å².